The molecule has 176 valence electrons. The summed E-state index contributed by atoms with van der Waals surface area (Å²) in [6.07, 6.45) is 3.12. The fourth-order valence-electron chi connectivity index (χ4n) is 3.92. The van der Waals surface area contributed by atoms with Crippen LogP contribution in [0.25, 0.3) is 10.9 Å². The molecule has 10 heteroatoms. The first-order valence-electron chi connectivity index (χ1n) is 10.7. The van der Waals surface area contributed by atoms with Crippen molar-refractivity contribution < 1.29 is 18.3 Å². The fraction of sp³-hybridized carbons (Fsp3) is 0.120. The molecular formula is C25H20F2N6O2. The Morgan fingerprint density at radius 1 is 1.11 bits per heavy atom. The summed E-state index contributed by atoms with van der Waals surface area (Å²) in [5.74, 6) is -0.668. The third-order valence-corrected chi connectivity index (χ3v) is 5.67. The van der Waals surface area contributed by atoms with Crippen molar-refractivity contribution in [2.45, 2.75) is 13.0 Å². The largest absolute Gasteiger partial charge is 0.481 e. The van der Waals surface area contributed by atoms with Crippen LogP contribution in [-0.2, 0) is 4.79 Å². The highest BCUT2D eigenvalue weighted by molar-refractivity contribution is 6.09. The van der Waals surface area contributed by atoms with E-state index in [2.05, 4.69) is 25.8 Å². The molecule has 8 nitrogen and oxygen atoms in total. The number of nitrogens with zero attached hydrogens (tertiary/aromatic N) is 3. The van der Waals surface area contributed by atoms with Crippen molar-refractivity contribution in [2.24, 2.45) is 4.99 Å². The number of aromatic nitrogens is 3. The molecule has 0 saturated heterocycles. The lowest BCUT2D eigenvalue weighted by atomic mass is 9.94. The number of hydrogen-bond donors (Lipinski definition) is 3. The van der Waals surface area contributed by atoms with E-state index >= 15 is 0 Å². The number of carbonyl (C=O) groups is 1. The molecule has 5 rings (SSSR count). The van der Waals surface area contributed by atoms with Gasteiger partial charge in [-0.1, -0.05) is 12.1 Å². The van der Waals surface area contributed by atoms with Gasteiger partial charge in [-0.15, -0.1) is 0 Å². The maximum atomic E-state index is 14.7. The third kappa shape index (κ3) is 4.33. The number of H-pyrrole nitrogens is 1. The Balaban J connectivity index is 1.54. The molecule has 3 heterocycles. The standard InChI is InChI=1S/C25H20F2N6O2/c1-13-22(25(34)31-20-9-16-12-29-33-19(16)11-18(20)27)23(14-3-5-17(26)6-4-14)32-24(30-13)15-7-8-28-21(10-15)35-2/h3-12,23H,1-2H3,(H,29,33)(H,30,32)(H,31,34). The zero-order valence-electron chi connectivity index (χ0n) is 18.8. The molecule has 4 aromatic rings. The van der Waals surface area contributed by atoms with Crippen LogP contribution in [0.15, 0.2) is 77.2 Å². The van der Waals surface area contributed by atoms with Gasteiger partial charge in [0.1, 0.15) is 23.5 Å². The Morgan fingerprint density at radius 3 is 2.69 bits per heavy atom. The normalized spacial score (nSPS) is 15.5. The van der Waals surface area contributed by atoms with Crippen molar-refractivity contribution in [3.05, 3.63) is 95.0 Å². The first kappa shape index (κ1) is 22.2. The van der Waals surface area contributed by atoms with Gasteiger partial charge in [0.2, 0.25) is 5.88 Å². The number of carbonyl (C=O) groups excluding carboxylic acids is 1. The van der Waals surface area contributed by atoms with Crippen LogP contribution < -0.4 is 15.4 Å². The van der Waals surface area contributed by atoms with Crippen LogP contribution in [0.4, 0.5) is 14.5 Å². The fourth-order valence-corrected chi connectivity index (χ4v) is 3.92. The molecule has 0 bridgehead atoms. The lowest BCUT2D eigenvalue weighted by Crippen LogP contribution is -2.34. The average molecular weight is 474 g/mol. The lowest BCUT2D eigenvalue weighted by Gasteiger charge is -2.27. The Hall–Kier alpha value is -4.60. The van der Waals surface area contributed by atoms with Crippen LogP contribution in [0.1, 0.15) is 24.1 Å². The molecule has 0 fully saturated rings. The molecule has 35 heavy (non-hydrogen) atoms. The van der Waals surface area contributed by atoms with E-state index in [1.54, 1.807) is 37.4 Å². The number of nitrogens with one attached hydrogen (secondary N) is 3. The summed E-state index contributed by atoms with van der Waals surface area (Å²) in [6.45, 7) is 1.73. The van der Waals surface area contributed by atoms with E-state index in [1.807, 2.05) is 0 Å². The summed E-state index contributed by atoms with van der Waals surface area (Å²) in [4.78, 5) is 22.3. The Kier molecular flexibility index (Phi) is 5.69. The number of benzene rings is 2. The van der Waals surface area contributed by atoms with Crippen LogP contribution in [0, 0.1) is 11.6 Å². The van der Waals surface area contributed by atoms with E-state index in [0.717, 1.165) is 0 Å². The second kappa shape index (κ2) is 8.98. The molecule has 1 aliphatic heterocycles. The van der Waals surface area contributed by atoms with Gasteiger partial charge >= 0.3 is 0 Å². The number of hydrogen-bond acceptors (Lipinski definition) is 6. The summed E-state index contributed by atoms with van der Waals surface area (Å²) in [7, 11) is 1.51. The van der Waals surface area contributed by atoms with E-state index in [1.165, 1.54) is 37.6 Å². The second-order valence-corrected chi connectivity index (χ2v) is 7.93. The Labute approximate surface area is 198 Å². The van der Waals surface area contributed by atoms with E-state index in [9.17, 15) is 13.6 Å². The summed E-state index contributed by atoms with van der Waals surface area (Å²) in [5, 5.41) is 13.0. The van der Waals surface area contributed by atoms with Gasteiger partial charge in [-0.05, 0) is 36.8 Å². The van der Waals surface area contributed by atoms with Crippen LogP contribution in [0.2, 0.25) is 0 Å². The highest BCUT2D eigenvalue weighted by Crippen LogP contribution is 2.33. The van der Waals surface area contributed by atoms with Gasteiger partial charge in [0, 0.05) is 35.0 Å². The van der Waals surface area contributed by atoms with Gasteiger partial charge in [-0.3, -0.25) is 14.9 Å². The molecule has 0 saturated carbocycles. The highest BCUT2D eigenvalue weighted by atomic mass is 19.1. The van der Waals surface area contributed by atoms with E-state index in [0.29, 0.717) is 39.4 Å². The number of aliphatic imine (C=N–C) groups is 1. The SMILES string of the molecule is COc1cc(C2=NC(c3ccc(F)cc3)C(C(=O)Nc3cc4cn[nH]c4cc3F)=C(C)N2)ccn1. The number of aromatic amines is 1. The van der Waals surface area contributed by atoms with Gasteiger partial charge in [0.25, 0.3) is 5.91 Å². The number of pyridine rings is 1. The molecule has 2 aromatic carbocycles. The smallest absolute Gasteiger partial charge is 0.255 e. The summed E-state index contributed by atoms with van der Waals surface area (Å²) >= 11 is 0. The molecule has 0 aliphatic carbocycles. The summed E-state index contributed by atoms with van der Waals surface area (Å²) < 4.78 is 33.5. The van der Waals surface area contributed by atoms with E-state index in [4.69, 9.17) is 9.73 Å². The predicted octanol–water partition coefficient (Wildman–Crippen LogP) is 4.25. The highest BCUT2D eigenvalue weighted by Gasteiger charge is 2.30. The second-order valence-electron chi connectivity index (χ2n) is 7.93. The monoisotopic (exact) mass is 474 g/mol. The van der Waals surface area contributed by atoms with Crippen molar-refractivity contribution in [1.29, 1.82) is 0 Å². The maximum Gasteiger partial charge on any atom is 0.255 e. The van der Waals surface area contributed by atoms with Crippen LogP contribution in [0.5, 0.6) is 5.88 Å². The van der Waals surface area contributed by atoms with Gasteiger partial charge < -0.3 is 15.4 Å². The molecule has 1 aliphatic rings. The van der Waals surface area contributed by atoms with Crippen molar-refractivity contribution in [2.75, 3.05) is 12.4 Å². The maximum absolute atomic E-state index is 14.7. The molecule has 3 N–H and O–H groups in total. The number of methoxy groups -OCH3 is 1. The van der Waals surface area contributed by atoms with Gasteiger partial charge in [-0.25, -0.2) is 13.8 Å². The summed E-state index contributed by atoms with van der Waals surface area (Å²) in [5.41, 5.74) is 2.61. The number of amides is 1. The topological polar surface area (TPSA) is 104 Å². The average Bonchev–Trinajstić information content (AvgIpc) is 3.31. The number of fused-ring (bicyclic) bond motifs is 1. The first-order valence-corrected chi connectivity index (χ1v) is 10.7. The molecular weight excluding hydrogens is 454 g/mol. The van der Waals surface area contributed by atoms with Gasteiger partial charge in [-0.2, -0.15) is 5.10 Å². The molecule has 0 radical (unpaired) electrons. The Morgan fingerprint density at radius 2 is 1.91 bits per heavy atom. The van der Waals surface area contributed by atoms with Crippen molar-refractivity contribution >= 4 is 28.3 Å². The molecule has 0 spiro atoms. The lowest BCUT2D eigenvalue weighted by molar-refractivity contribution is -0.113. The third-order valence-electron chi connectivity index (χ3n) is 5.67. The molecule has 1 amide bonds. The molecule has 2 aromatic heterocycles. The molecule has 1 unspecified atom stereocenters. The number of ether oxygens (including phenoxy) is 1. The van der Waals surface area contributed by atoms with E-state index in [-0.39, 0.29) is 11.3 Å². The van der Waals surface area contributed by atoms with Gasteiger partial charge in [0.05, 0.1) is 30.1 Å². The predicted molar refractivity (Wildman–Crippen MR) is 127 cm³/mol. The molecule has 1 atom stereocenters. The minimum absolute atomic E-state index is 0.00991. The number of rotatable bonds is 5. The number of anilines is 1. The minimum Gasteiger partial charge on any atom is -0.481 e. The van der Waals surface area contributed by atoms with Crippen molar-refractivity contribution in [3.63, 3.8) is 0 Å². The number of amidine groups is 1. The zero-order valence-corrected chi connectivity index (χ0v) is 18.8. The number of halogens is 2. The Bertz CT molecular complexity index is 1490. The van der Waals surface area contributed by atoms with E-state index < -0.39 is 23.6 Å². The van der Waals surface area contributed by atoms with Crippen molar-refractivity contribution in [3.8, 4) is 5.88 Å². The summed E-state index contributed by atoms with van der Waals surface area (Å²) in [6, 6.07) is 11.2. The first-order chi connectivity index (χ1) is 16.9. The van der Waals surface area contributed by atoms with Crippen LogP contribution in [0.3, 0.4) is 0 Å². The van der Waals surface area contributed by atoms with Crippen LogP contribution in [-0.4, -0.2) is 34.0 Å². The zero-order chi connectivity index (χ0) is 24.5. The van der Waals surface area contributed by atoms with Crippen molar-refractivity contribution in [1.82, 2.24) is 20.5 Å². The van der Waals surface area contributed by atoms with Gasteiger partial charge in [0.15, 0.2) is 0 Å². The number of allylic oxidation sites excluding steroid dienone is 1. The minimum atomic E-state index is -0.772. The van der Waals surface area contributed by atoms with Crippen LogP contribution >= 0.6 is 0 Å². The quantitative estimate of drug-likeness (QED) is 0.401.